The second kappa shape index (κ2) is 4.70. The first-order valence-electron chi connectivity index (χ1n) is 7.73. The Kier molecular flexibility index (Phi) is 2.92. The highest BCUT2D eigenvalue weighted by Crippen LogP contribution is 2.65. The first kappa shape index (κ1) is 13.1. The van der Waals surface area contributed by atoms with Gasteiger partial charge in [0.25, 0.3) is 0 Å². The number of nitrogens with one attached hydrogen (secondary N) is 1. The number of hydrogen-bond donors (Lipinski definition) is 1. The fourth-order valence-corrected chi connectivity index (χ4v) is 4.82. The van der Waals surface area contributed by atoms with Gasteiger partial charge in [-0.25, -0.2) is 0 Å². The van der Waals surface area contributed by atoms with E-state index in [1.165, 1.54) is 26.4 Å². The summed E-state index contributed by atoms with van der Waals surface area (Å²) >= 11 is 0. The van der Waals surface area contributed by atoms with Crippen molar-refractivity contribution >= 4 is 5.69 Å². The largest absolute Gasteiger partial charge is 0.490 e. The molecule has 4 rings (SSSR count). The van der Waals surface area contributed by atoms with Crippen LogP contribution in [0.5, 0.6) is 5.75 Å². The SMILES string of the molecule is COc1ccc(CNC2C3C4CCC(C4)C23)cc1[N+](=O)[O-]. The van der Waals surface area contributed by atoms with E-state index in [0.29, 0.717) is 18.3 Å². The molecule has 5 heteroatoms. The molecule has 5 nitrogen and oxygen atoms in total. The van der Waals surface area contributed by atoms with Gasteiger partial charge in [-0.05, 0) is 54.6 Å². The van der Waals surface area contributed by atoms with E-state index < -0.39 is 0 Å². The van der Waals surface area contributed by atoms with Gasteiger partial charge in [0, 0.05) is 18.7 Å². The number of methoxy groups -OCH3 is 1. The molecule has 0 heterocycles. The number of ether oxygens (including phenoxy) is 1. The van der Waals surface area contributed by atoms with Crippen LogP contribution in [0.25, 0.3) is 0 Å². The average molecular weight is 288 g/mol. The van der Waals surface area contributed by atoms with Crippen LogP contribution in [0.4, 0.5) is 5.69 Å². The summed E-state index contributed by atoms with van der Waals surface area (Å²) < 4.78 is 5.03. The van der Waals surface area contributed by atoms with E-state index >= 15 is 0 Å². The Bertz CT molecular complexity index is 573. The lowest BCUT2D eigenvalue weighted by atomic mass is 10.0. The normalized spacial score (nSPS) is 35.6. The highest BCUT2D eigenvalue weighted by molar-refractivity contribution is 5.48. The highest BCUT2D eigenvalue weighted by Gasteiger charge is 2.64. The van der Waals surface area contributed by atoms with Gasteiger partial charge in [0.05, 0.1) is 12.0 Å². The van der Waals surface area contributed by atoms with Crippen molar-refractivity contribution in [2.75, 3.05) is 7.11 Å². The topological polar surface area (TPSA) is 64.4 Å². The van der Waals surface area contributed by atoms with Crippen LogP contribution < -0.4 is 10.1 Å². The predicted molar refractivity (Wildman–Crippen MR) is 78.1 cm³/mol. The van der Waals surface area contributed by atoms with Gasteiger partial charge in [0.1, 0.15) is 0 Å². The Labute approximate surface area is 123 Å². The van der Waals surface area contributed by atoms with Gasteiger partial charge in [-0.1, -0.05) is 6.07 Å². The third kappa shape index (κ3) is 2.02. The maximum Gasteiger partial charge on any atom is 0.311 e. The average Bonchev–Trinajstić information content (AvgIpc) is 2.88. The zero-order chi connectivity index (χ0) is 14.6. The summed E-state index contributed by atoms with van der Waals surface area (Å²) in [7, 11) is 1.46. The lowest BCUT2D eigenvalue weighted by molar-refractivity contribution is -0.385. The van der Waals surface area contributed by atoms with Crippen LogP contribution in [0.3, 0.4) is 0 Å². The smallest absolute Gasteiger partial charge is 0.311 e. The Morgan fingerprint density at radius 2 is 2.05 bits per heavy atom. The third-order valence-corrected chi connectivity index (χ3v) is 5.72. The fourth-order valence-electron chi connectivity index (χ4n) is 4.82. The molecule has 3 saturated carbocycles. The van der Waals surface area contributed by atoms with E-state index in [-0.39, 0.29) is 10.6 Å². The molecule has 3 aliphatic rings. The summed E-state index contributed by atoms with van der Waals surface area (Å²) in [4.78, 5) is 10.7. The van der Waals surface area contributed by atoms with Crippen molar-refractivity contribution in [3.8, 4) is 5.75 Å². The molecule has 21 heavy (non-hydrogen) atoms. The summed E-state index contributed by atoms with van der Waals surface area (Å²) in [5.41, 5.74) is 1.01. The second-order valence-electron chi connectivity index (χ2n) is 6.66. The van der Waals surface area contributed by atoms with Gasteiger partial charge in [-0.15, -0.1) is 0 Å². The molecule has 1 N–H and O–H groups in total. The lowest BCUT2D eigenvalue weighted by Gasteiger charge is -2.11. The van der Waals surface area contributed by atoms with Crippen LogP contribution >= 0.6 is 0 Å². The first-order chi connectivity index (χ1) is 10.2. The van der Waals surface area contributed by atoms with Crippen molar-refractivity contribution < 1.29 is 9.66 Å². The molecule has 112 valence electrons. The minimum Gasteiger partial charge on any atom is -0.490 e. The fraction of sp³-hybridized carbons (Fsp3) is 0.625. The zero-order valence-corrected chi connectivity index (χ0v) is 12.1. The molecule has 0 saturated heterocycles. The molecule has 3 aliphatic carbocycles. The van der Waals surface area contributed by atoms with Crippen molar-refractivity contribution in [2.45, 2.75) is 31.8 Å². The first-order valence-corrected chi connectivity index (χ1v) is 7.73. The summed E-state index contributed by atoms with van der Waals surface area (Å²) in [6.45, 7) is 0.710. The molecule has 0 aromatic heterocycles. The van der Waals surface area contributed by atoms with E-state index in [9.17, 15) is 10.1 Å². The van der Waals surface area contributed by atoms with Gasteiger partial charge < -0.3 is 10.1 Å². The number of benzene rings is 1. The molecular formula is C16H20N2O3. The number of rotatable bonds is 5. The van der Waals surface area contributed by atoms with E-state index in [1.54, 1.807) is 12.1 Å². The maximum absolute atomic E-state index is 11.0. The predicted octanol–water partition coefficient (Wildman–Crippen LogP) is 2.74. The number of nitro benzene ring substituents is 1. The molecule has 0 radical (unpaired) electrons. The van der Waals surface area contributed by atoms with Crippen LogP contribution in [-0.2, 0) is 6.54 Å². The minimum absolute atomic E-state index is 0.0489. The monoisotopic (exact) mass is 288 g/mol. The van der Waals surface area contributed by atoms with Crippen LogP contribution in [0.2, 0.25) is 0 Å². The van der Waals surface area contributed by atoms with Crippen molar-refractivity contribution in [2.24, 2.45) is 23.7 Å². The Morgan fingerprint density at radius 1 is 1.33 bits per heavy atom. The molecule has 2 bridgehead atoms. The molecule has 4 unspecified atom stereocenters. The van der Waals surface area contributed by atoms with Crippen molar-refractivity contribution in [3.05, 3.63) is 33.9 Å². The van der Waals surface area contributed by atoms with Crippen molar-refractivity contribution in [1.82, 2.24) is 5.32 Å². The summed E-state index contributed by atoms with van der Waals surface area (Å²) in [6.07, 6.45) is 4.28. The Balaban J connectivity index is 1.42. The van der Waals surface area contributed by atoms with Crippen LogP contribution in [-0.4, -0.2) is 18.1 Å². The Morgan fingerprint density at radius 3 is 2.67 bits per heavy atom. The van der Waals surface area contributed by atoms with E-state index in [1.807, 2.05) is 6.07 Å². The molecule has 3 fully saturated rings. The van der Waals surface area contributed by atoms with E-state index in [0.717, 1.165) is 29.2 Å². The van der Waals surface area contributed by atoms with Crippen molar-refractivity contribution in [1.29, 1.82) is 0 Å². The zero-order valence-electron chi connectivity index (χ0n) is 12.1. The molecule has 0 aliphatic heterocycles. The van der Waals surface area contributed by atoms with Crippen molar-refractivity contribution in [3.63, 3.8) is 0 Å². The number of fused-ring (bicyclic) bond motifs is 5. The van der Waals surface area contributed by atoms with Gasteiger partial charge in [-0.2, -0.15) is 0 Å². The van der Waals surface area contributed by atoms with E-state index in [2.05, 4.69) is 5.32 Å². The van der Waals surface area contributed by atoms with Gasteiger partial charge in [0.15, 0.2) is 5.75 Å². The second-order valence-corrected chi connectivity index (χ2v) is 6.66. The third-order valence-electron chi connectivity index (χ3n) is 5.72. The molecule has 1 aromatic rings. The van der Waals surface area contributed by atoms with Crippen LogP contribution in [0.15, 0.2) is 18.2 Å². The van der Waals surface area contributed by atoms with Gasteiger partial charge in [-0.3, -0.25) is 10.1 Å². The highest BCUT2D eigenvalue weighted by atomic mass is 16.6. The van der Waals surface area contributed by atoms with Gasteiger partial charge >= 0.3 is 5.69 Å². The molecule has 0 amide bonds. The summed E-state index contributed by atoms with van der Waals surface area (Å²) in [5.74, 6) is 3.99. The molecule has 4 atom stereocenters. The number of hydrogen-bond acceptors (Lipinski definition) is 4. The molecule has 1 aromatic carbocycles. The standard InChI is InChI=1S/C16H20N2O3/c1-21-13-5-2-9(6-12(13)18(19)20)8-17-16-14-10-3-4-11(7-10)15(14)16/h2,5-6,10-11,14-17H,3-4,7-8H2,1H3. The van der Waals surface area contributed by atoms with Crippen LogP contribution in [0, 0.1) is 33.8 Å². The van der Waals surface area contributed by atoms with E-state index in [4.69, 9.17) is 4.74 Å². The molecule has 0 spiro atoms. The van der Waals surface area contributed by atoms with Crippen LogP contribution in [0.1, 0.15) is 24.8 Å². The van der Waals surface area contributed by atoms with Gasteiger partial charge in [0.2, 0.25) is 0 Å². The maximum atomic E-state index is 11.0. The lowest BCUT2D eigenvalue weighted by Crippen LogP contribution is -2.22. The summed E-state index contributed by atoms with van der Waals surface area (Å²) in [5, 5.41) is 14.7. The number of nitro groups is 1. The quantitative estimate of drug-likeness (QED) is 0.668. The molecular weight excluding hydrogens is 268 g/mol. The number of nitrogens with zero attached hydrogens (tertiary/aromatic N) is 1. The Hall–Kier alpha value is -1.62. The minimum atomic E-state index is -0.381. The summed E-state index contributed by atoms with van der Waals surface area (Å²) in [6, 6.07) is 5.87.